The molecule has 4 N–H and O–H groups in total. The van der Waals surface area contributed by atoms with Crippen molar-refractivity contribution in [2.75, 3.05) is 13.2 Å². The molecule has 0 saturated carbocycles. The summed E-state index contributed by atoms with van der Waals surface area (Å²) in [5.41, 5.74) is 8.90. The van der Waals surface area contributed by atoms with Crippen molar-refractivity contribution in [1.82, 2.24) is 0 Å². The van der Waals surface area contributed by atoms with E-state index < -0.39 is 0 Å². The second kappa shape index (κ2) is 9.97. The van der Waals surface area contributed by atoms with Crippen molar-refractivity contribution < 1.29 is 14.9 Å². The van der Waals surface area contributed by atoms with E-state index in [9.17, 15) is 10.2 Å². The number of benzene rings is 1. The molecule has 1 fully saturated rings. The van der Waals surface area contributed by atoms with Crippen LogP contribution >= 0.6 is 0 Å². The number of phenols is 2. The Morgan fingerprint density at radius 1 is 1.30 bits per heavy atom. The topological polar surface area (TPSA) is 88.1 Å². The Bertz CT molecular complexity index is 723. The predicted octanol–water partition coefficient (Wildman–Crippen LogP) is 4.27. The molecule has 1 aliphatic heterocycles. The number of rotatable bonds is 4. The molecule has 5 nitrogen and oxygen atoms in total. The molecular weight excluding hydrogens is 340 g/mol. The molecule has 27 heavy (non-hydrogen) atoms. The molecule has 0 bridgehead atoms. The Kier molecular flexibility index (Phi) is 7.67. The molecule has 5 heteroatoms. The molecule has 1 saturated heterocycles. The molecule has 0 spiro atoms. The minimum absolute atomic E-state index is 0.0545. The maximum atomic E-state index is 10.5. The highest BCUT2D eigenvalue weighted by atomic mass is 16.5. The number of aliphatic imine (C=N–C) groups is 1. The minimum atomic E-state index is 0.0545. The van der Waals surface area contributed by atoms with Crippen molar-refractivity contribution in [3.8, 4) is 11.5 Å². The summed E-state index contributed by atoms with van der Waals surface area (Å²) >= 11 is 0. The molecule has 146 valence electrons. The zero-order valence-electron chi connectivity index (χ0n) is 16.2. The summed E-state index contributed by atoms with van der Waals surface area (Å²) in [6, 6.07) is 3.46. The third-order valence-corrected chi connectivity index (χ3v) is 4.64. The van der Waals surface area contributed by atoms with Gasteiger partial charge in [-0.1, -0.05) is 17.7 Å². The van der Waals surface area contributed by atoms with Gasteiger partial charge in [0.2, 0.25) is 0 Å². The summed E-state index contributed by atoms with van der Waals surface area (Å²) in [6.45, 7) is 8.58. The second-order valence-corrected chi connectivity index (χ2v) is 6.94. The van der Waals surface area contributed by atoms with Gasteiger partial charge in [0.25, 0.3) is 0 Å². The van der Waals surface area contributed by atoms with Crippen LogP contribution in [0.4, 0.5) is 0 Å². The van der Waals surface area contributed by atoms with E-state index >= 15 is 0 Å². The van der Waals surface area contributed by atoms with Gasteiger partial charge in [-0.25, -0.2) is 0 Å². The molecular formula is C22H30N2O3. The number of ether oxygens (including phenoxy) is 1. The number of nitrogens with zero attached hydrogens (tertiary/aromatic N) is 1. The quantitative estimate of drug-likeness (QED) is 0.545. The number of phenolic OH excluding ortho intramolecular Hbond substituents is 2. The normalized spacial score (nSPS) is 20.4. The highest BCUT2D eigenvalue weighted by molar-refractivity contribution is 6.10. The van der Waals surface area contributed by atoms with E-state index in [-0.39, 0.29) is 23.5 Å². The van der Waals surface area contributed by atoms with Gasteiger partial charge in [-0.3, -0.25) is 4.99 Å². The van der Waals surface area contributed by atoms with Gasteiger partial charge in [-0.15, -0.1) is 6.58 Å². The van der Waals surface area contributed by atoms with E-state index in [1.807, 2.05) is 6.92 Å². The fraction of sp³-hybridized carbons (Fsp3) is 0.409. The monoisotopic (exact) mass is 370 g/mol. The molecule has 0 amide bonds. The van der Waals surface area contributed by atoms with E-state index in [0.717, 1.165) is 19.3 Å². The molecule has 1 atom stereocenters. The minimum Gasteiger partial charge on any atom is -0.507 e. The Balaban J connectivity index is 0.000000817. The van der Waals surface area contributed by atoms with Crippen LogP contribution in [0.2, 0.25) is 0 Å². The predicted molar refractivity (Wildman–Crippen MR) is 111 cm³/mol. The lowest BCUT2D eigenvalue weighted by Crippen LogP contribution is -2.31. The van der Waals surface area contributed by atoms with Crippen LogP contribution in [0.25, 0.3) is 5.57 Å². The third-order valence-electron chi connectivity index (χ3n) is 4.64. The van der Waals surface area contributed by atoms with Crippen LogP contribution in [-0.4, -0.2) is 35.7 Å². The van der Waals surface area contributed by atoms with Gasteiger partial charge in [0.05, 0.1) is 19.3 Å². The molecule has 1 aromatic carbocycles. The first-order valence-electron chi connectivity index (χ1n) is 9.33. The van der Waals surface area contributed by atoms with Gasteiger partial charge in [0.1, 0.15) is 11.5 Å². The molecule has 1 aromatic rings. The first-order chi connectivity index (χ1) is 13.0. The largest absolute Gasteiger partial charge is 0.507 e. The van der Waals surface area contributed by atoms with Crippen LogP contribution in [0, 0.1) is 0 Å². The highest BCUT2D eigenvalue weighted by Gasteiger charge is 2.22. The summed E-state index contributed by atoms with van der Waals surface area (Å²) in [7, 11) is 0. The lowest BCUT2D eigenvalue weighted by Gasteiger charge is -2.22. The van der Waals surface area contributed by atoms with Crippen molar-refractivity contribution >= 4 is 11.8 Å². The van der Waals surface area contributed by atoms with E-state index in [2.05, 4.69) is 24.6 Å². The van der Waals surface area contributed by atoms with Gasteiger partial charge in [-0.2, -0.15) is 0 Å². The molecule has 3 rings (SSSR count). The van der Waals surface area contributed by atoms with E-state index in [1.165, 1.54) is 11.8 Å². The van der Waals surface area contributed by atoms with Gasteiger partial charge in [0.15, 0.2) is 0 Å². The fourth-order valence-corrected chi connectivity index (χ4v) is 3.22. The zero-order chi connectivity index (χ0) is 19.8. The summed E-state index contributed by atoms with van der Waals surface area (Å²) in [6.07, 6.45) is 10.1. The van der Waals surface area contributed by atoms with Crippen LogP contribution in [0.15, 0.2) is 47.6 Å². The summed E-state index contributed by atoms with van der Waals surface area (Å²) in [5.74, 6) is 0.250. The van der Waals surface area contributed by atoms with Crippen molar-refractivity contribution in [2.24, 2.45) is 10.7 Å². The molecule has 0 aromatic heterocycles. The van der Waals surface area contributed by atoms with Gasteiger partial charge < -0.3 is 20.7 Å². The maximum Gasteiger partial charge on any atom is 0.123 e. The van der Waals surface area contributed by atoms with Crippen molar-refractivity contribution in [3.63, 3.8) is 0 Å². The highest BCUT2D eigenvalue weighted by Crippen LogP contribution is 2.42. The number of allylic oxidation sites excluding steroid dienone is 4. The maximum absolute atomic E-state index is 10.5. The molecule has 0 radical (unpaired) electrons. The molecule has 1 unspecified atom stereocenters. The Morgan fingerprint density at radius 3 is 2.41 bits per heavy atom. The summed E-state index contributed by atoms with van der Waals surface area (Å²) < 4.78 is 5.09. The first-order valence-corrected chi connectivity index (χ1v) is 9.33. The standard InChI is InChI=1S/C19H24N2O3.C3H6/c1-12-3-2-4-13(5-12)19-17(22)6-14(7-18(19)23)15(8-20)9-21-16-10-24-11-16;1-3-2/h5-9,13,16,22-23H,2-4,10-11,20H2,1H3;3H,1H2,2H3/b15-8+,21-9?;. The molecule has 2 aliphatic rings. The lowest BCUT2D eigenvalue weighted by molar-refractivity contribution is 0.0136. The van der Waals surface area contributed by atoms with E-state index in [1.54, 1.807) is 24.4 Å². The van der Waals surface area contributed by atoms with Crippen LogP contribution < -0.4 is 5.73 Å². The number of aromatic hydroxyl groups is 2. The molecule has 1 heterocycles. The van der Waals surface area contributed by atoms with Crippen LogP contribution in [0.1, 0.15) is 50.2 Å². The Morgan fingerprint density at radius 2 is 1.93 bits per heavy atom. The van der Waals surface area contributed by atoms with Gasteiger partial charge in [-0.05, 0) is 50.8 Å². The average Bonchev–Trinajstić information content (AvgIpc) is 2.57. The number of hydrogen-bond acceptors (Lipinski definition) is 5. The van der Waals surface area contributed by atoms with Crippen LogP contribution in [0.3, 0.4) is 0 Å². The third kappa shape index (κ3) is 5.47. The zero-order valence-corrected chi connectivity index (χ0v) is 16.2. The lowest BCUT2D eigenvalue weighted by atomic mass is 9.84. The van der Waals surface area contributed by atoms with Crippen LogP contribution in [0.5, 0.6) is 11.5 Å². The second-order valence-electron chi connectivity index (χ2n) is 6.94. The smallest absolute Gasteiger partial charge is 0.123 e. The van der Waals surface area contributed by atoms with Gasteiger partial charge in [0, 0.05) is 29.5 Å². The summed E-state index contributed by atoms with van der Waals surface area (Å²) in [4.78, 5) is 4.39. The van der Waals surface area contributed by atoms with Crippen molar-refractivity contribution in [2.45, 2.75) is 45.1 Å². The Hall–Kier alpha value is -2.53. The first kappa shape index (κ1) is 20.8. The molecule has 1 aliphatic carbocycles. The van der Waals surface area contributed by atoms with Gasteiger partial charge >= 0.3 is 0 Å². The van der Waals surface area contributed by atoms with Crippen LogP contribution in [-0.2, 0) is 4.74 Å². The number of nitrogens with two attached hydrogens (primary N) is 1. The van der Waals surface area contributed by atoms with E-state index in [0.29, 0.717) is 29.9 Å². The summed E-state index contributed by atoms with van der Waals surface area (Å²) in [5, 5.41) is 20.9. The van der Waals surface area contributed by atoms with Crippen molar-refractivity contribution in [1.29, 1.82) is 0 Å². The van der Waals surface area contributed by atoms with Crippen molar-refractivity contribution in [3.05, 3.63) is 53.8 Å². The fourth-order valence-electron chi connectivity index (χ4n) is 3.22. The number of hydrogen-bond donors (Lipinski definition) is 3. The van der Waals surface area contributed by atoms with E-state index in [4.69, 9.17) is 10.5 Å². The SMILES string of the molecule is C=CC.CC1=CC(c2c(O)cc(/C(C=NC3COC3)=C/N)cc2O)CCC1. The average molecular weight is 370 g/mol. The Labute approximate surface area is 161 Å².